The smallest absolute Gasteiger partial charge is 0.404 e. The molecule has 0 bridgehead atoms. The van der Waals surface area contributed by atoms with Crippen molar-refractivity contribution in [3.05, 3.63) is 87.9 Å². The SMILES string of the molecule is CC(C)c1nc(CC(=O)N[C@@H](Cc2ccccc2)C[C@H](O)[C@H](Cc2ccccc2)NC(=O)O)cs1. The molecule has 0 aliphatic carbocycles. The summed E-state index contributed by atoms with van der Waals surface area (Å²) in [6.45, 7) is 4.13. The topological polar surface area (TPSA) is 112 Å². The van der Waals surface area contributed by atoms with Gasteiger partial charge in [0.25, 0.3) is 0 Å². The molecule has 1 heterocycles. The molecule has 35 heavy (non-hydrogen) atoms. The van der Waals surface area contributed by atoms with Crippen molar-refractivity contribution in [3.63, 3.8) is 0 Å². The minimum absolute atomic E-state index is 0.158. The van der Waals surface area contributed by atoms with Crippen molar-refractivity contribution in [2.75, 3.05) is 0 Å². The van der Waals surface area contributed by atoms with Gasteiger partial charge in [-0.1, -0.05) is 74.5 Å². The Balaban J connectivity index is 1.71. The van der Waals surface area contributed by atoms with Crippen LogP contribution in [0, 0.1) is 0 Å². The fraction of sp³-hybridized carbons (Fsp3) is 0.370. The molecule has 7 nitrogen and oxygen atoms in total. The molecule has 2 amide bonds. The second kappa shape index (κ2) is 13.0. The number of thiazole rings is 1. The lowest BCUT2D eigenvalue weighted by Crippen LogP contribution is -2.48. The Hall–Kier alpha value is -3.23. The number of benzene rings is 2. The number of nitrogens with zero attached hydrogens (tertiary/aromatic N) is 1. The fourth-order valence-corrected chi connectivity index (χ4v) is 4.80. The van der Waals surface area contributed by atoms with E-state index < -0.39 is 18.2 Å². The van der Waals surface area contributed by atoms with Crippen molar-refractivity contribution in [1.29, 1.82) is 0 Å². The molecule has 0 saturated carbocycles. The summed E-state index contributed by atoms with van der Waals surface area (Å²) in [6, 6.07) is 18.1. The molecule has 0 spiro atoms. The molecule has 2 aromatic carbocycles. The normalized spacial score (nSPS) is 13.7. The fourth-order valence-electron chi connectivity index (χ4n) is 3.97. The number of nitrogens with one attached hydrogen (secondary N) is 2. The van der Waals surface area contributed by atoms with Crippen LogP contribution in [0.5, 0.6) is 0 Å². The van der Waals surface area contributed by atoms with Crippen molar-refractivity contribution in [2.45, 2.75) is 63.6 Å². The lowest BCUT2D eigenvalue weighted by Gasteiger charge is -2.27. The van der Waals surface area contributed by atoms with Gasteiger partial charge in [-0.2, -0.15) is 0 Å². The summed E-state index contributed by atoms with van der Waals surface area (Å²) in [5.41, 5.74) is 2.66. The summed E-state index contributed by atoms with van der Waals surface area (Å²) in [6.07, 6.45) is -0.969. The Morgan fingerprint density at radius 3 is 2.09 bits per heavy atom. The third kappa shape index (κ3) is 8.81. The summed E-state index contributed by atoms with van der Waals surface area (Å²) in [7, 11) is 0. The summed E-state index contributed by atoms with van der Waals surface area (Å²) in [4.78, 5) is 28.8. The van der Waals surface area contributed by atoms with Crippen molar-refractivity contribution < 1.29 is 19.8 Å². The van der Waals surface area contributed by atoms with Crippen LogP contribution < -0.4 is 10.6 Å². The number of rotatable bonds is 12. The van der Waals surface area contributed by atoms with E-state index in [1.165, 1.54) is 0 Å². The van der Waals surface area contributed by atoms with E-state index in [-0.39, 0.29) is 24.8 Å². The van der Waals surface area contributed by atoms with Gasteiger partial charge in [0.1, 0.15) is 0 Å². The molecule has 0 aliphatic rings. The van der Waals surface area contributed by atoms with E-state index in [0.29, 0.717) is 18.8 Å². The number of hydrogen-bond donors (Lipinski definition) is 4. The number of amides is 2. The van der Waals surface area contributed by atoms with Crippen LogP contribution in [0.15, 0.2) is 66.0 Å². The molecule has 4 N–H and O–H groups in total. The van der Waals surface area contributed by atoms with Crippen LogP contribution >= 0.6 is 11.3 Å². The zero-order valence-electron chi connectivity index (χ0n) is 20.1. The molecule has 0 radical (unpaired) electrons. The van der Waals surface area contributed by atoms with Crippen LogP contribution in [0.25, 0.3) is 0 Å². The molecular formula is C27H33N3O4S. The molecule has 0 fully saturated rings. The average molecular weight is 496 g/mol. The molecule has 1 aromatic heterocycles. The Bertz CT molecular complexity index is 1070. The highest BCUT2D eigenvalue weighted by atomic mass is 32.1. The van der Waals surface area contributed by atoms with Gasteiger partial charge in [-0.25, -0.2) is 9.78 Å². The molecule has 3 atom stereocenters. The van der Waals surface area contributed by atoms with Crippen LogP contribution in [0.2, 0.25) is 0 Å². The minimum atomic E-state index is -1.20. The Morgan fingerprint density at radius 2 is 1.54 bits per heavy atom. The lowest BCUT2D eigenvalue weighted by atomic mass is 9.93. The largest absolute Gasteiger partial charge is 0.465 e. The first-order valence-corrected chi connectivity index (χ1v) is 12.7. The van der Waals surface area contributed by atoms with Gasteiger partial charge < -0.3 is 20.8 Å². The number of carbonyl (C=O) groups is 2. The molecule has 0 unspecified atom stereocenters. The highest BCUT2D eigenvalue weighted by Gasteiger charge is 2.26. The van der Waals surface area contributed by atoms with E-state index >= 15 is 0 Å². The molecule has 8 heteroatoms. The van der Waals surface area contributed by atoms with Gasteiger partial charge >= 0.3 is 6.09 Å². The Kier molecular flexibility index (Phi) is 9.81. The van der Waals surface area contributed by atoms with Crippen LogP contribution in [-0.2, 0) is 24.1 Å². The lowest BCUT2D eigenvalue weighted by molar-refractivity contribution is -0.121. The Morgan fingerprint density at radius 1 is 0.943 bits per heavy atom. The number of aliphatic hydroxyl groups is 1. The number of aromatic nitrogens is 1. The van der Waals surface area contributed by atoms with Gasteiger partial charge in [-0.05, 0) is 30.4 Å². The number of aliphatic hydroxyl groups excluding tert-OH is 1. The van der Waals surface area contributed by atoms with E-state index in [9.17, 15) is 19.8 Å². The third-order valence-electron chi connectivity index (χ3n) is 5.69. The summed E-state index contributed by atoms with van der Waals surface area (Å²) in [5.74, 6) is 0.130. The van der Waals surface area contributed by atoms with Gasteiger partial charge in [-0.15, -0.1) is 11.3 Å². The van der Waals surface area contributed by atoms with E-state index in [1.54, 1.807) is 11.3 Å². The van der Waals surface area contributed by atoms with Crippen molar-refractivity contribution in [3.8, 4) is 0 Å². The first-order chi connectivity index (χ1) is 16.8. The second-order valence-electron chi connectivity index (χ2n) is 9.01. The van der Waals surface area contributed by atoms with E-state index in [4.69, 9.17) is 0 Å². The van der Waals surface area contributed by atoms with Crippen LogP contribution in [-0.4, -0.2) is 45.4 Å². The van der Waals surface area contributed by atoms with Gasteiger partial charge in [0.15, 0.2) is 0 Å². The van der Waals surface area contributed by atoms with Crippen molar-refractivity contribution >= 4 is 23.3 Å². The summed E-state index contributed by atoms with van der Waals surface area (Å²) >= 11 is 1.55. The third-order valence-corrected chi connectivity index (χ3v) is 6.89. The van der Waals surface area contributed by atoms with Crippen molar-refractivity contribution in [1.82, 2.24) is 15.6 Å². The van der Waals surface area contributed by atoms with Gasteiger partial charge in [0.2, 0.25) is 5.91 Å². The maximum atomic E-state index is 12.9. The molecule has 3 aromatic rings. The number of carboxylic acid groups (broad SMARTS) is 1. The van der Waals surface area contributed by atoms with E-state index in [0.717, 1.165) is 21.8 Å². The zero-order valence-corrected chi connectivity index (χ0v) is 20.9. The zero-order chi connectivity index (χ0) is 25.2. The van der Waals surface area contributed by atoms with Crippen LogP contribution in [0.1, 0.15) is 48.0 Å². The van der Waals surface area contributed by atoms with Gasteiger partial charge in [0, 0.05) is 17.3 Å². The number of hydrogen-bond acceptors (Lipinski definition) is 5. The van der Waals surface area contributed by atoms with Crippen molar-refractivity contribution in [2.24, 2.45) is 0 Å². The van der Waals surface area contributed by atoms with E-state index in [1.807, 2.05) is 66.0 Å². The monoisotopic (exact) mass is 495 g/mol. The maximum absolute atomic E-state index is 12.9. The van der Waals surface area contributed by atoms with Gasteiger partial charge in [0.05, 0.1) is 29.3 Å². The quantitative estimate of drug-likeness (QED) is 0.301. The maximum Gasteiger partial charge on any atom is 0.404 e. The molecule has 0 saturated heterocycles. The average Bonchev–Trinajstić information content (AvgIpc) is 3.28. The standard InChI is InChI=1S/C27H33N3O4S/c1-18(2)26-29-22(17-35-26)16-25(32)28-21(13-19-9-5-3-6-10-19)15-24(31)23(30-27(33)34)14-20-11-7-4-8-12-20/h3-12,17-18,21,23-24,30-31H,13-16H2,1-2H3,(H,28,32)(H,33,34)/t21-,23-,24-/m0/s1. The molecular weight excluding hydrogens is 462 g/mol. The molecule has 0 aliphatic heterocycles. The van der Waals surface area contributed by atoms with E-state index in [2.05, 4.69) is 29.5 Å². The van der Waals surface area contributed by atoms with Crippen LogP contribution in [0.4, 0.5) is 4.79 Å². The summed E-state index contributed by atoms with van der Waals surface area (Å²) < 4.78 is 0. The highest BCUT2D eigenvalue weighted by Crippen LogP contribution is 2.20. The molecule has 186 valence electrons. The Labute approximate surface area is 210 Å². The first kappa shape index (κ1) is 26.4. The number of carbonyl (C=O) groups excluding carboxylic acids is 1. The van der Waals surface area contributed by atoms with Gasteiger partial charge in [-0.3, -0.25) is 4.79 Å². The first-order valence-electron chi connectivity index (χ1n) is 11.8. The second-order valence-corrected chi connectivity index (χ2v) is 9.90. The predicted octanol–water partition coefficient (Wildman–Crippen LogP) is 4.17. The van der Waals surface area contributed by atoms with Crippen LogP contribution in [0.3, 0.4) is 0 Å². The minimum Gasteiger partial charge on any atom is -0.465 e. The summed E-state index contributed by atoms with van der Waals surface area (Å²) in [5, 5.41) is 28.8. The highest BCUT2D eigenvalue weighted by molar-refractivity contribution is 7.09. The predicted molar refractivity (Wildman–Crippen MR) is 138 cm³/mol. The molecule has 3 rings (SSSR count).